The number of esters is 1. The summed E-state index contributed by atoms with van der Waals surface area (Å²) in [7, 11) is 0. The second-order valence-electron chi connectivity index (χ2n) is 9.58. The SMILES string of the molecule is CC[C@@]12CCCN3CCc4c(n(c5ccccc45)[C@@H](COC(=O)c4ccccc4)C1)[C@@H]32. The van der Waals surface area contributed by atoms with Crippen molar-refractivity contribution >= 4 is 16.9 Å². The predicted octanol–water partition coefficient (Wildman–Crippen LogP) is 5.53. The number of fused-ring (bicyclic) bond motifs is 3. The molecule has 3 aliphatic heterocycles. The normalized spacial score (nSPS) is 27.1. The van der Waals surface area contributed by atoms with Gasteiger partial charge in [0.1, 0.15) is 6.61 Å². The van der Waals surface area contributed by atoms with E-state index < -0.39 is 0 Å². The number of benzene rings is 2. The van der Waals surface area contributed by atoms with Crippen LogP contribution >= 0.6 is 0 Å². The molecule has 1 fully saturated rings. The van der Waals surface area contributed by atoms with E-state index in [0.717, 1.165) is 12.8 Å². The van der Waals surface area contributed by atoms with Gasteiger partial charge in [-0.25, -0.2) is 4.79 Å². The zero-order valence-electron chi connectivity index (χ0n) is 18.2. The average Bonchev–Trinajstić information content (AvgIpc) is 3.17. The van der Waals surface area contributed by atoms with Crippen LogP contribution in [0.2, 0.25) is 0 Å². The van der Waals surface area contributed by atoms with Crippen molar-refractivity contribution in [3.63, 3.8) is 0 Å². The molecule has 0 spiro atoms. The predicted molar refractivity (Wildman–Crippen MR) is 122 cm³/mol. The van der Waals surface area contributed by atoms with Gasteiger partial charge in [0.25, 0.3) is 0 Å². The van der Waals surface area contributed by atoms with Gasteiger partial charge >= 0.3 is 5.97 Å². The maximum atomic E-state index is 12.7. The third-order valence-corrected chi connectivity index (χ3v) is 8.16. The second kappa shape index (κ2) is 7.23. The summed E-state index contributed by atoms with van der Waals surface area (Å²) in [5.41, 5.74) is 5.27. The topological polar surface area (TPSA) is 34.5 Å². The standard InChI is InChI=1S/C27H30N2O2/c1-2-27-14-8-15-28-16-13-22-21-11-6-7-12-23(21)29(24(22)25(27)28)20(17-27)18-31-26(30)19-9-4-3-5-10-19/h3-7,9-12,20,25H,2,8,13-18H2,1H3/t20-,25-,27-/m1/s1. The number of ether oxygens (including phenoxy) is 1. The van der Waals surface area contributed by atoms with Crippen molar-refractivity contribution in [2.24, 2.45) is 5.41 Å². The highest BCUT2D eigenvalue weighted by atomic mass is 16.5. The van der Waals surface area contributed by atoms with Crippen LogP contribution in [0.4, 0.5) is 0 Å². The zero-order chi connectivity index (χ0) is 21.0. The Balaban J connectivity index is 1.44. The minimum atomic E-state index is -0.219. The Kier molecular flexibility index (Phi) is 4.46. The monoisotopic (exact) mass is 414 g/mol. The number of aromatic nitrogens is 1. The van der Waals surface area contributed by atoms with Gasteiger partial charge in [0.2, 0.25) is 0 Å². The fourth-order valence-electron chi connectivity index (χ4n) is 6.80. The van der Waals surface area contributed by atoms with Crippen LogP contribution < -0.4 is 0 Å². The molecule has 3 aromatic rings. The number of nitrogens with zero attached hydrogens (tertiary/aromatic N) is 2. The van der Waals surface area contributed by atoms with E-state index >= 15 is 0 Å². The lowest BCUT2D eigenvalue weighted by molar-refractivity contribution is -0.0445. The highest BCUT2D eigenvalue weighted by Gasteiger charge is 2.53. The van der Waals surface area contributed by atoms with Crippen LogP contribution in [-0.2, 0) is 11.2 Å². The molecule has 0 N–H and O–H groups in total. The van der Waals surface area contributed by atoms with Crippen molar-refractivity contribution in [1.82, 2.24) is 9.47 Å². The summed E-state index contributed by atoms with van der Waals surface area (Å²) >= 11 is 0. The van der Waals surface area contributed by atoms with Crippen LogP contribution in [0.5, 0.6) is 0 Å². The third kappa shape index (κ3) is 2.81. The van der Waals surface area contributed by atoms with Crippen LogP contribution in [0.3, 0.4) is 0 Å². The van der Waals surface area contributed by atoms with Gasteiger partial charge in [0.05, 0.1) is 17.6 Å². The number of carbonyl (C=O) groups excluding carboxylic acids is 1. The van der Waals surface area contributed by atoms with Crippen molar-refractivity contribution in [3.05, 3.63) is 71.4 Å². The van der Waals surface area contributed by atoms with Gasteiger partial charge in [-0.3, -0.25) is 4.90 Å². The van der Waals surface area contributed by atoms with Gasteiger partial charge in [-0.05, 0) is 67.8 Å². The van der Waals surface area contributed by atoms with E-state index in [1.54, 1.807) is 0 Å². The summed E-state index contributed by atoms with van der Waals surface area (Å²) in [6.07, 6.45) is 5.93. The summed E-state index contributed by atoms with van der Waals surface area (Å²) in [4.78, 5) is 15.5. The molecule has 0 unspecified atom stereocenters. The molecule has 160 valence electrons. The molecule has 3 atom stereocenters. The Labute approximate surface area is 183 Å². The summed E-state index contributed by atoms with van der Waals surface area (Å²) in [6, 6.07) is 18.9. The van der Waals surface area contributed by atoms with E-state index in [9.17, 15) is 4.79 Å². The molecule has 1 aromatic heterocycles. The fraction of sp³-hybridized carbons (Fsp3) is 0.444. The van der Waals surface area contributed by atoms with Crippen LogP contribution in [0.1, 0.15) is 66.3 Å². The number of piperidine rings is 1. The third-order valence-electron chi connectivity index (χ3n) is 8.16. The van der Waals surface area contributed by atoms with Gasteiger partial charge in [0.15, 0.2) is 0 Å². The summed E-state index contributed by atoms with van der Waals surface area (Å²) in [6.45, 7) is 5.18. The molecule has 0 bridgehead atoms. The maximum absolute atomic E-state index is 12.7. The Hall–Kier alpha value is -2.59. The van der Waals surface area contributed by atoms with E-state index in [0.29, 0.717) is 18.2 Å². The van der Waals surface area contributed by atoms with E-state index in [-0.39, 0.29) is 17.4 Å². The molecule has 4 nitrogen and oxygen atoms in total. The highest BCUT2D eigenvalue weighted by Crippen LogP contribution is 2.59. The van der Waals surface area contributed by atoms with Gasteiger partial charge < -0.3 is 9.30 Å². The van der Waals surface area contributed by atoms with Crippen LogP contribution in [0, 0.1) is 5.41 Å². The van der Waals surface area contributed by atoms with Crippen LogP contribution in [0.25, 0.3) is 10.9 Å². The van der Waals surface area contributed by atoms with Crippen molar-refractivity contribution in [2.45, 2.75) is 51.1 Å². The number of carbonyl (C=O) groups is 1. The fourth-order valence-corrected chi connectivity index (χ4v) is 6.80. The molecule has 6 rings (SSSR count). The number of hydrogen-bond acceptors (Lipinski definition) is 3. The number of hydrogen-bond donors (Lipinski definition) is 0. The Morgan fingerprint density at radius 2 is 1.90 bits per heavy atom. The first-order chi connectivity index (χ1) is 15.2. The number of rotatable bonds is 4. The molecular formula is C27H30N2O2. The average molecular weight is 415 g/mol. The van der Waals surface area contributed by atoms with Gasteiger partial charge in [-0.1, -0.05) is 43.3 Å². The molecule has 1 saturated heterocycles. The minimum Gasteiger partial charge on any atom is -0.460 e. The van der Waals surface area contributed by atoms with Crippen molar-refractivity contribution in [1.29, 1.82) is 0 Å². The van der Waals surface area contributed by atoms with Gasteiger partial charge in [0, 0.05) is 23.1 Å². The van der Waals surface area contributed by atoms with Crippen molar-refractivity contribution in [2.75, 3.05) is 19.7 Å². The molecule has 2 aromatic carbocycles. The molecule has 4 heteroatoms. The lowest BCUT2D eigenvalue weighted by Gasteiger charge is -2.56. The van der Waals surface area contributed by atoms with E-state index in [4.69, 9.17) is 4.74 Å². The van der Waals surface area contributed by atoms with E-state index in [2.05, 4.69) is 40.7 Å². The van der Waals surface area contributed by atoms with Crippen molar-refractivity contribution in [3.8, 4) is 0 Å². The summed E-state index contributed by atoms with van der Waals surface area (Å²) in [5.74, 6) is -0.219. The lowest BCUT2D eigenvalue weighted by Crippen LogP contribution is -2.53. The number of para-hydroxylation sites is 1. The maximum Gasteiger partial charge on any atom is 0.338 e. The van der Waals surface area contributed by atoms with E-state index in [1.807, 2.05) is 30.3 Å². The first-order valence-electron chi connectivity index (χ1n) is 11.8. The zero-order valence-corrected chi connectivity index (χ0v) is 18.2. The first-order valence-corrected chi connectivity index (χ1v) is 11.8. The van der Waals surface area contributed by atoms with Gasteiger partial charge in [-0.15, -0.1) is 0 Å². The smallest absolute Gasteiger partial charge is 0.338 e. The Morgan fingerprint density at radius 3 is 2.74 bits per heavy atom. The van der Waals surface area contributed by atoms with E-state index in [1.165, 1.54) is 54.5 Å². The van der Waals surface area contributed by atoms with Gasteiger partial charge in [-0.2, -0.15) is 0 Å². The molecular weight excluding hydrogens is 384 g/mol. The first kappa shape index (κ1) is 19.1. The molecule has 4 heterocycles. The largest absolute Gasteiger partial charge is 0.460 e. The summed E-state index contributed by atoms with van der Waals surface area (Å²) in [5, 5.41) is 1.40. The molecule has 31 heavy (non-hydrogen) atoms. The Bertz CT molecular complexity index is 1130. The molecule has 0 saturated carbocycles. The van der Waals surface area contributed by atoms with Crippen LogP contribution in [0.15, 0.2) is 54.6 Å². The lowest BCUT2D eigenvalue weighted by atomic mass is 9.63. The Morgan fingerprint density at radius 1 is 1.10 bits per heavy atom. The molecule has 0 aliphatic carbocycles. The molecule has 0 amide bonds. The minimum absolute atomic E-state index is 0.190. The summed E-state index contributed by atoms with van der Waals surface area (Å²) < 4.78 is 8.48. The van der Waals surface area contributed by atoms with Crippen LogP contribution in [-0.4, -0.2) is 35.1 Å². The quantitative estimate of drug-likeness (QED) is 0.526. The second-order valence-corrected chi connectivity index (χ2v) is 9.58. The highest BCUT2D eigenvalue weighted by molar-refractivity contribution is 5.89. The molecule has 3 aliphatic rings. The molecule has 0 radical (unpaired) electrons. The van der Waals surface area contributed by atoms with Crippen molar-refractivity contribution < 1.29 is 9.53 Å².